The van der Waals surface area contributed by atoms with Gasteiger partial charge in [0.1, 0.15) is 11.4 Å². The third-order valence-electron chi connectivity index (χ3n) is 3.54. The fourth-order valence-corrected chi connectivity index (χ4v) is 4.09. The number of nitrogens with one attached hydrogen (secondary N) is 2. The maximum atomic E-state index is 12.8. The lowest BCUT2D eigenvalue weighted by molar-refractivity contribution is -0.121. The zero-order valence-corrected chi connectivity index (χ0v) is 14.9. The van der Waals surface area contributed by atoms with Gasteiger partial charge in [0.05, 0.1) is 11.7 Å². The Morgan fingerprint density at radius 3 is 2.96 bits per heavy atom. The highest BCUT2D eigenvalue weighted by molar-refractivity contribution is 7.18. The van der Waals surface area contributed by atoms with E-state index in [0.717, 1.165) is 17.0 Å². The summed E-state index contributed by atoms with van der Waals surface area (Å²) >= 11 is 3.03. The van der Waals surface area contributed by atoms with Crippen LogP contribution >= 0.6 is 22.7 Å². The van der Waals surface area contributed by atoms with Gasteiger partial charge in [-0.3, -0.25) is 14.2 Å². The van der Waals surface area contributed by atoms with Crippen LogP contribution in [0.2, 0.25) is 0 Å². The van der Waals surface area contributed by atoms with Gasteiger partial charge in [0, 0.05) is 28.9 Å². The molecule has 3 heterocycles. The molecule has 24 heavy (non-hydrogen) atoms. The molecular formula is C16H18N4O2S2. The van der Waals surface area contributed by atoms with E-state index in [1.807, 2.05) is 29.8 Å². The van der Waals surface area contributed by atoms with Crippen LogP contribution in [0.15, 0.2) is 34.0 Å². The molecule has 0 aromatic carbocycles. The second kappa shape index (κ2) is 7.69. The Bertz CT molecular complexity index is 883. The van der Waals surface area contributed by atoms with Gasteiger partial charge in [0.2, 0.25) is 5.91 Å². The highest BCUT2D eigenvalue weighted by Gasteiger charge is 2.15. The monoisotopic (exact) mass is 362 g/mol. The minimum absolute atomic E-state index is 0.0202. The Morgan fingerprint density at radius 1 is 1.33 bits per heavy atom. The van der Waals surface area contributed by atoms with Crippen molar-refractivity contribution < 1.29 is 4.79 Å². The van der Waals surface area contributed by atoms with Crippen LogP contribution in [0.4, 0.5) is 0 Å². The van der Waals surface area contributed by atoms with Crippen LogP contribution in [-0.4, -0.2) is 35.1 Å². The van der Waals surface area contributed by atoms with E-state index in [9.17, 15) is 9.59 Å². The van der Waals surface area contributed by atoms with Crippen LogP contribution < -0.4 is 16.2 Å². The number of aromatic nitrogens is 2. The van der Waals surface area contributed by atoms with E-state index in [0.29, 0.717) is 23.3 Å². The fourth-order valence-electron chi connectivity index (χ4n) is 2.37. The minimum Gasteiger partial charge on any atom is -0.353 e. The van der Waals surface area contributed by atoms with Crippen molar-refractivity contribution in [3.63, 3.8) is 0 Å². The van der Waals surface area contributed by atoms with E-state index in [-0.39, 0.29) is 18.0 Å². The summed E-state index contributed by atoms with van der Waals surface area (Å²) in [6.45, 7) is 4.10. The fraction of sp³-hybridized carbons (Fsp3) is 0.312. The number of likely N-dealkylation sites (N-methyl/N-ethyl adjacent to an activating group) is 1. The summed E-state index contributed by atoms with van der Waals surface area (Å²) in [6.07, 6.45) is 1.45. The first kappa shape index (κ1) is 16.8. The number of thiophene rings is 2. The third-order valence-corrected chi connectivity index (χ3v) is 5.32. The molecule has 3 rings (SSSR count). The molecule has 2 N–H and O–H groups in total. The predicted molar refractivity (Wildman–Crippen MR) is 98.7 cm³/mol. The molecule has 6 nitrogen and oxygen atoms in total. The number of rotatable bonds is 7. The van der Waals surface area contributed by atoms with Gasteiger partial charge in [-0.25, -0.2) is 4.98 Å². The first-order chi connectivity index (χ1) is 11.7. The average Bonchev–Trinajstić information content (AvgIpc) is 3.23. The molecule has 0 spiro atoms. The number of hydrogen-bond donors (Lipinski definition) is 2. The maximum Gasteiger partial charge on any atom is 0.263 e. The Kier molecular flexibility index (Phi) is 5.39. The van der Waals surface area contributed by atoms with Crippen LogP contribution in [0.25, 0.3) is 20.7 Å². The van der Waals surface area contributed by atoms with E-state index in [1.165, 1.54) is 22.2 Å². The number of fused-ring (bicyclic) bond motifs is 1. The van der Waals surface area contributed by atoms with Crippen LogP contribution in [-0.2, 0) is 11.3 Å². The number of hydrogen-bond acceptors (Lipinski definition) is 6. The first-order valence-corrected chi connectivity index (χ1v) is 9.44. The van der Waals surface area contributed by atoms with E-state index in [2.05, 4.69) is 15.6 Å². The average molecular weight is 362 g/mol. The van der Waals surface area contributed by atoms with Gasteiger partial charge in [-0.2, -0.15) is 0 Å². The molecule has 0 saturated heterocycles. The van der Waals surface area contributed by atoms with Crippen LogP contribution in [0, 0.1) is 0 Å². The van der Waals surface area contributed by atoms with Crippen molar-refractivity contribution in [3.8, 4) is 10.4 Å². The Labute approximate surface area is 147 Å². The third kappa shape index (κ3) is 3.55. The summed E-state index contributed by atoms with van der Waals surface area (Å²) in [5.74, 6) is -0.191. The van der Waals surface area contributed by atoms with Crippen molar-refractivity contribution in [2.75, 3.05) is 19.6 Å². The SMILES string of the molecule is CCNCCNC(=O)Cn1cnc2scc(-c3cccs3)c2c1=O. The smallest absolute Gasteiger partial charge is 0.263 e. The molecule has 0 saturated carbocycles. The van der Waals surface area contributed by atoms with E-state index in [1.54, 1.807) is 11.3 Å². The zero-order chi connectivity index (χ0) is 16.9. The van der Waals surface area contributed by atoms with Crippen molar-refractivity contribution in [1.82, 2.24) is 20.2 Å². The molecule has 126 valence electrons. The Hall–Kier alpha value is -2.03. The molecule has 0 radical (unpaired) electrons. The summed E-state index contributed by atoms with van der Waals surface area (Å²) in [4.78, 5) is 30.8. The summed E-state index contributed by atoms with van der Waals surface area (Å²) in [6, 6.07) is 3.94. The van der Waals surface area contributed by atoms with Crippen LogP contribution in [0.1, 0.15) is 6.92 Å². The summed E-state index contributed by atoms with van der Waals surface area (Å²) in [5, 5.41) is 10.4. The molecular weight excluding hydrogens is 344 g/mol. The van der Waals surface area contributed by atoms with Crippen molar-refractivity contribution in [1.29, 1.82) is 0 Å². The molecule has 8 heteroatoms. The van der Waals surface area contributed by atoms with Crippen LogP contribution in [0.3, 0.4) is 0 Å². The van der Waals surface area contributed by atoms with Gasteiger partial charge < -0.3 is 10.6 Å². The van der Waals surface area contributed by atoms with Gasteiger partial charge in [-0.1, -0.05) is 13.0 Å². The number of nitrogens with zero attached hydrogens (tertiary/aromatic N) is 2. The molecule has 0 bridgehead atoms. The van der Waals surface area contributed by atoms with E-state index >= 15 is 0 Å². The second-order valence-electron chi connectivity index (χ2n) is 5.19. The van der Waals surface area contributed by atoms with Gasteiger partial charge in [0.15, 0.2) is 0 Å². The Morgan fingerprint density at radius 2 is 2.21 bits per heavy atom. The van der Waals surface area contributed by atoms with Gasteiger partial charge in [-0.05, 0) is 18.0 Å². The van der Waals surface area contributed by atoms with E-state index in [4.69, 9.17) is 0 Å². The number of amides is 1. The molecule has 0 atom stereocenters. The highest BCUT2D eigenvalue weighted by Crippen LogP contribution is 2.33. The lowest BCUT2D eigenvalue weighted by Gasteiger charge is -2.07. The first-order valence-electron chi connectivity index (χ1n) is 7.68. The molecule has 3 aromatic heterocycles. The predicted octanol–water partition coefficient (Wildman–Crippen LogP) is 1.91. The van der Waals surface area contributed by atoms with Gasteiger partial charge in [-0.15, -0.1) is 22.7 Å². The number of carbonyl (C=O) groups is 1. The van der Waals surface area contributed by atoms with Crippen LogP contribution in [0.5, 0.6) is 0 Å². The molecule has 0 aliphatic heterocycles. The van der Waals surface area contributed by atoms with Crippen molar-refractivity contribution in [2.24, 2.45) is 0 Å². The maximum absolute atomic E-state index is 12.8. The lowest BCUT2D eigenvalue weighted by atomic mass is 10.2. The summed E-state index contributed by atoms with van der Waals surface area (Å²) in [5.41, 5.74) is 0.718. The topological polar surface area (TPSA) is 76.0 Å². The van der Waals surface area contributed by atoms with E-state index < -0.39 is 0 Å². The molecule has 0 unspecified atom stereocenters. The van der Waals surface area contributed by atoms with Crippen molar-refractivity contribution >= 4 is 38.8 Å². The molecule has 0 aliphatic carbocycles. The lowest BCUT2D eigenvalue weighted by Crippen LogP contribution is -2.36. The van der Waals surface area contributed by atoms with Crippen molar-refractivity contribution in [2.45, 2.75) is 13.5 Å². The molecule has 1 amide bonds. The van der Waals surface area contributed by atoms with Gasteiger partial charge in [0.25, 0.3) is 5.56 Å². The Balaban J connectivity index is 1.82. The van der Waals surface area contributed by atoms with Crippen molar-refractivity contribution in [3.05, 3.63) is 39.6 Å². The van der Waals surface area contributed by atoms with Gasteiger partial charge >= 0.3 is 0 Å². The molecule has 0 fully saturated rings. The number of carbonyl (C=O) groups excluding carboxylic acids is 1. The quantitative estimate of drug-likeness (QED) is 0.630. The zero-order valence-electron chi connectivity index (χ0n) is 13.2. The second-order valence-corrected chi connectivity index (χ2v) is 6.99. The molecule has 0 aliphatic rings. The minimum atomic E-state index is -0.191. The largest absolute Gasteiger partial charge is 0.353 e. The summed E-state index contributed by atoms with van der Waals surface area (Å²) in [7, 11) is 0. The standard InChI is InChI=1S/C16H18N4O2S2/c1-2-17-5-6-18-13(21)8-20-10-19-15-14(16(20)22)11(9-24-15)12-4-3-7-23-12/h3-4,7,9-10,17H,2,5-6,8H2,1H3,(H,18,21). The highest BCUT2D eigenvalue weighted by atomic mass is 32.1. The molecule has 3 aromatic rings. The summed E-state index contributed by atoms with van der Waals surface area (Å²) < 4.78 is 1.37. The normalized spacial score (nSPS) is 11.0.